The molecule has 3 aromatic rings. The van der Waals surface area contributed by atoms with Crippen molar-refractivity contribution in [3.8, 4) is 11.5 Å². The molecule has 0 N–H and O–H groups in total. The molecule has 1 fully saturated rings. The quantitative estimate of drug-likeness (QED) is 0.408. The molecule has 1 saturated heterocycles. The van der Waals surface area contributed by atoms with Crippen LogP contribution >= 0.6 is 0 Å². The van der Waals surface area contributed by atoms with Crippen LogP contribution in [0.1, 0.15) is 31.7 Å². The summed E-state index contributed by atoms with van der Waals surface area (Å²) in [6.45, 7) is 10.2. The number of aromatic nitrogens is 2. The molecule has 36 heavy (non-hydrogen) atoms. The van der Waals surface area contributed by atoms with Crippen LogP contribution in [0.3, 0.4) is 0 Å². The van der Waals surface area contributed by atoms with E-state index in [1.165, 1.54) is 19.3 Å². The van der Waals surface area contributed by atoms with Gasteiger partial charge in [0.1, 0.15) is 17.4 Å². The van der Waals surface area contributed by atoms with Crippen LogP contribution in [0, 0.1) is 5.82 Å². The number of piperazine rings is 1. The van der Waals surface area contributed by atoms with E-state index in [1.54, 1.807) is 12.1 Å². The smallest absolute Gasteiger partial charge is 0.246 e. The Morgan fingerprint density at radius 3 is 2.72 bits per heavy atom. The van der Waals surface area contributed by atoms with Crippen LogP contribution in [0.25, 0.3) is 10.9 Å². The Morgan fingerprint density at radius 2 is 2.00 bits per heavy atom. The van der Waals surface area contributed by atoms with E-state index in [1.807, 2.05) is 30.0 Å². The lowest BCUT2D eigenvalue weighted by Crippen LogP contribution is -2.55. The Bertz CT molecular complexity index is 1250. The number of fused-ring (bicyclic) bond motifs is 1. The van der Waals surface area contributed by atoms with Crippen molar-refractivity contribution in [3.63, 3.8) is 0 Å². The molecule has 0 radical (unpaired) electrons. The first kappa shape index (κ1) is 25.4. The predicted octanol–water partition coefficient (Wildman–Crippen LogP) is 4.57. The van der Waals surface area contributed by atoms with Crippen molar-refractivity contribution < 1.29 is 18.7 Å². The second-order valence-electron chi connectivity index (χ2n) is 8.79. The van der Waals surface area contributed by atoms with Crippen LogP contribution in [0.4, 0.5) is 10.2 Å². The summed E-state index contributed by atoms with van der Waals surface area (Å²) in [5.41, 5.74) is 1.79. The molecule has 1 aliphatic rings. The van der Waals surface area contributed by atoms with E-state index in [2.05, 4.69) is 18.4 Å². The molecule has 0 bridgehead atoms. The first-order valence-electron chi connectivity index (χ1n) is 12.4. The molecule has 2 heterocycles. The molecule has 1 unspecified atom stereocenters. The van der Waals surface area contributed by atoms with Crippen molar-refractivity contribution in [2.24, 2.45) is 0 Å². The fourth-order valence-corrected chi connectivity index (χ4v) is 4.67. The average Bonchev–Trinajstić information content (AvgIpc) is 2.91. The summed E-state index contributed by atoms with van der Waals surface area (Å²) >= 11 is 0. The molecule has 1 aromatic heterocycles. The van der Waals surface area contributed by atoms with E-state index < -0.39 is 0 Å². The lowest BCUT2D eigenvalue weighted by molar-refractivity contribution is -0.128. The van der Waals surface area contributed by atoms with E-state index in [4.69, 9.17) is 19.4 Å². The summed E-state index contributed by atoms with van der Waals surface area (Å²) in [4.78, 5) is 26.3. The number of amides is 1. The van der Waals surface area contributed by atoms with Crippen molar-refractivity contribution in [1.82, 2.24) is 14.9 Å². The summed E-state index contributed by atoms with van der Waals surface area (Å²) in [5.74, 6) is 2.14. The first-order valence-corrected chi connectivity index (χ1v) is 12.4. The number of benzene rings is 2. The van der Waals surface area contributed by atoms with E-state index >= 15 is 0 Å². The number of halogens is 1. The Morgan fingerprint density at radius 1 is 1.17 bits per heavy atom. The zero-order valence-corrected chi connectivity index (χ0v) is 21.2. The molecular formula is C28H33FN4O3. The van der Waals surface area contributed by atoms with Crippen LogP contribution < -0.4 is 14.4 Å². The van der Waals surface area contributed by atoms with Gasteiger partial charge >= 0.3 is 0 Å². The number of hydrogen-bond acceptors (Lipinski definition) is 6. The Hall–Kier alpha value is -3.68. The minimum absolute atomic E-state index is 0.0388. The number of anilines is 1. The highest BCUT2D eigenvalue weighted by Crippen LogP contribution is 2.30. The van der Waals surface area contributed by atoms with Gasteiger partial charge in [-0.2, -0.15) is 0 Å². The predicted molar refractivity (Wildman–Crippen MR) is 139 cm³/mol. The van der Waals surface area contributed by atoms with Gasteiger partial charge in [0, 0.05) is 37.5 Å². The van der Waals surface area contributed by atoms with Crippen LogP contribution in [0.5, 0.6) is 11.5 Å². The minimum atomic E-state index is -0.379. The van der Waals surface area contributed by atoms with Gasteiger partial charge in [0.2, 0.25) is 5.91 Å². The molecular weight excluding hydrogens is 459 g/mol. The molecule has 1 aliphatic heterocycles. The maximum atomic E-state index is 13.8. The van der Waals surface area contributed by atoms with Gasteiger partial charge in [0.25, 0.3) is 0 Å². The fourth-order valence-electron chi connectivity index (χ4n) is 4.67. The van der Waals surface area contributed by atoms with E-state index in [9.17, 15) is 9.18 Å². The van der Waals surface area contributed by atoms with Crippen molar-refractivity contribution in [1.29, 1.82) is 0 Å². The molecule has 1 amide bonds. The van der Waals surface area contributed by atoms with E-state index in [-0.39, 0.29) is 23.5 Å². The zero-order valence-electron chi connectivity index (χ0n) is 21.2. The van der Waals surface area contributed by atoms with Crippen molar-refractivity contribution in [3.05, 3.63) is 66.3 Å². The molecule has 2 aromatic carbocycles. The number of methoxy groups -OCH3 is 1. The van der Waals surface area contributed by atoms with Gasteiger partial charge in [-0.3, -0.25) is 4.79 Å². The summed E-state index contributed by atoms with van der Waals surface area (Å²) in [7, 11) is 1.46. The third kappa shape index (κ3) is 5.42. The molecule has 0 aliphatic carbocycles. The normalized spacial score (nSPS) is 15.7. The topological polar surface area (TPSA) is 67.8 Å². The van der Waals surface area contributed by atoms with Gasteiger partial charge in [-0.25, -0.2) is 14.4 Å². The van der Waals surface area contributed by atoms with Crippen LogP contribution in [-0.2, 0) is 17.6 Å². The van der Waals surface area contributed by atoms with E-state index in [0.717, 1.165) is 34.5 Å². The number of carbonyl (C=O) groups excluding carboxylic acids is 1. The maximum Gasteiger partial charge on any atom is 0.246 e. The largest absolute Gasteiger partial charge is 0.494 e. The molecule has 0 spiro atoms. The number of rotatable bonds is 9. The number of hydrogen-bond donors (Lipinski definition) is 0. The summed E-state index contributed by atoms with van der Waals surface area (Å²) in [5, 5.41) is 0.923. The molecule has 4 rings (SSSR count). The van der Waals surface area contributed by atoms with Crippen LogP contribution in [0.2, 0.25) is 0 Å². The molecule has 7 nitrogen and oxygen atoms in total. The van der Waals surface area contributed by atoms with Gasteiger partial charge in [-0.1, -0.05) is 19.6 Å². The number of carbonyl (C=O) groups is 1. The first-order chi connectivity index (χ1) is 17.5. The highest BCUT2D eigenvalue weighted by Gasteiger charge is 2.30. The summed E-state index contributed by atoms with van der Waals surface area (Å²) in [6.07, 6.45) is 3.47. The van der Waals surface area contributed by atoms with Crippen LogP contribution in [0.15, 0.2) is 49.1 Å². The third-order valence-electron chi connectivity index (χ3n) is 6.57. The standard InChI is InChI=1S/C28H33FN4O3/c1-5-20-18-32(14-15-33(20)27(34)6-2)28-22-17-21(36-7-3)10-12-24(22)30-26(31-28)13-9-19-8-11-23(29)25(16-19)35-4/h6,8,10-12,16-17,20H,2,5,7,9,13-15,18H2,1,3-4H3. The van der Waals surface area contributed by atoms with Gasteiger partial charge in [-0.05, 0) is 61.7 Å². The van der Waals surface area contributed by atoms with Crippen molar-refractivity contribution >= 4 is 22.6 Å². The molecule has 190 valence electrons. The number of aryl methyl sites for hydroxylation is 2. The molecule has 0 saturated carbocycles. The third-order valence-corrected chi connectivity index (χ3v) is 6.57. The number of ether oxygens (including phenoxy) is 2. The Balaban J connectivity index is 1.67. The fraction of sp³-hybridized carbons (Fsp3) is 0.393. The monoisotopic (exact) mass is 492 g/mol. The average molecular weight is 493 g/mol. The second kappa shape index (κ2) is 11.4. The molecule has 1 atom stereocenters. The highest BCUT2D eigenvalue weighted by atomic mass is 19.1. The lowest BCUT2D eigenvalue weighted by atomic mass is 10.1. The van der Waals surface area contributed by atoms with Gasteiger partial charge in [0.15, 0.2) is 11.6 Å². The van der Waals surface area contributed by atoms with E-state index in [0.29, 0.717) is 44.9 Å². The SMILES string of the molecule is C=CC(=O)N1CCN(c2nc(CCc3ccc(F)c(OC)c3)nc3ccc(OCC)cc23)CC1CC. The van der Waals surface area contributed by atoms with Gasteiger partial charge in [-0.15, -0.1) is 0 Å². The van der Waals surface area contributed by atoms with Crippen molar-refractivity contribution in [2.45, 2.75) is 39.2 Å². The van der Waals surface area contributed by atoms with Gasteiger partial charge < -0.3 is 19.3 Å². The maximum absolute atomic E-state index is 13.8. The summed E-state index contributed by atoms with van der Waals surface area (Å²) in [6, 6.07) is 10.8. The highest BCUT2D eigenvalue weighted by molar-refractivity contribution is 5.91. The van der Waals surface area contributed by atoms with Crippen LogP contribution in [-0.4, -0.2) is 60.2 Å². The summed E-state index contributed by atoms with van der Waals surface area (Å²) < 4.78 is 24.7. The zero-order chi connectivity index (χ0) is 25.7. The Kier molecular flexibility index (Phi) is 8.03. The lowest BCUT2D eigenvalue weighted by Gasteiger charge is -2.41. The number of nitrogens with zero attached hydrogens (tertiary/aromatic N) is 4. The van der Waals surface area contributed by atoms with Crippen molar-refractivity contribution in [2.75, 3.05) is 38.3 Å². The molecule has 8 heteroatoms. The van der Waals surface area contributed by atoms with Gasteiger partial charge in [0.05, 0.1) is 19.2 Å². The second-order valence-corrected chi connectivity index (χ2v) is 8.79. The minimum Gasteiger partial charge on any atom is -0.494 e. The Labute approximate surface area is 211 Å².